The molecule has 0 spiro atoms. The molecule has 0 saturated carbocycles. The number of aromatic hydroxyl groups is 2. The lowest BCUT2D eigenvalue weighted by atomic mass is 9.95. The first-order valence-electron chi connectivity index (χ1n) is 6.68. The van der Waals surface area contributed by atoms with E-state index in [4.69, 9.17) is 4.74 Å². The SMILES string of the molecule is COc1ccc(C(=O)c2cc(C(C)C)c(O)cc2O)cc1. The van der Waals surface area contributed by atoms with Crippen molar-refractivity contribution in [3.63, 3.8) is 0 Å². The predicted octanol–water partition coefficient (Wildman–Crippen LogP) is 3.46. The average Bonchev–Trinajstić information content (AvgIpc) is 2.46. The van der Waals surface area contributed by atoms with Crippen LogP contribution in [0.5, 0.6) is 17.2 Å². The molecule has 0 heterocycles. The third-order valence-electron chi connectivity index (χ3n) is 3.36. The average molecular weight is 286 g/mol. The topological polar surface area (TPSA) is 66.8 Å². The fourth-order valence-corrected chi connectivity index (χ4v) is 2.14. The maximum absolute atomic E-state index is 12.5. The number of phenolic OH excluding ortho intramolecular Hbond substituents is 2. The van der Waals surface area contributed by atoms with Crippen LogP contribution in [-0.2, 0) is 0 Å². The summed E-state index contributed by atoms with van der Waals surface area (Å²) < 4.78 is 5.05. The van der Waals surface area contributed by atoms with Crippen LogP contribution in [0.15, 0.2) is 36.4 Å². The maximum Gasteiger partial charge on any atom is 0.196 e. The van der Waals surface area contributed by atoms with Crippen LogP contribution >= 0.6 is 0 Å². The van der Waals surface area contributed by atoms with E-state index in [1.807, 2.05) is 13.8 Å². The minimum atomic E-state index is -0.294. The summed E-state index contributed by atoms with van der Waals surface area (Å²) >= 11 is 0. The molecule has 21 heavy (non-hydrogen) atoms. The number of methoxy groups -OCH3 is 1. The molecule has 2 aromatic rings. The Morgan fingerprint density at radius 2 is 1.67 bits per heavy atom. The summed E-state index contributed by atoms with van der Waals surface area (Å²) in [6, 6.07) is 9.42. The molecule has 0 amide bonds. The van der Waals surface area contributed by atoms with E-state index >= 15 is 0 Å². The lowest BCUT2D eigenvalue weighted by Gasteiger charge is -2.12. The minimum absolute atomic E-state index is 0.00576. The maximum atomic E-state index is 12.5. The van der Waals surface area contributed by atoms with Gasteiger partial charge in [0.15, 0.2) is 5.78 Å². The Hall–Kier alpha value is -2.49. The Labute approximate surface area is 123 Å². The summed E-state index contributed by atoms with van der Waals surface area (Å²) in [7, 11) is 1.55. The van der Waals surface area contributed by atoms with Crippen LogP contribution in [0.4, 0.5) is 0 Å². The molecule has 4 heteroatoms. The van der Waals surface area contributed by atoms with Gasteiger partial charge < -0.3 is 14.9 Å². The molecule has 0 aliphatic carbocycles. The zero-order chi connectivity index (χ0) is 15.6. The molecular weight excluding hydrogens is 268 g/mol. The monoisotopic (exact) mass is 286 g/mol. The van der Waals surface area contributed by atoms with Crippen LogP contribution in [-0.4, -0.2) is 23.1 Å². The highest BCUT2D eigenvalue weighted by molar-refractivity contribution is 6.11. The molecule has 2 rings (SSSR count). The van der Waals surface area contributed by atoms with Crippen molar-refractivity contribution < 1.29 is 19.7 Å². The number of benzene rings is 2. The van der Waals surface area contributed by atoms with Crippen LogP contribution in [0, 0.1) is 0 Å². The van der Waals surface area contributed by atoms with Crippen LogP contribution in [0.3, 0.4) is 0 Å². The summed E-state index contributed by atoms with van der Waals surface area (Å²) in [6.07, 6.45) is 0. The first kappa shape index (κ1) is 14.9. The summed E-state index contributed by atoms with van der Waals surface area (Å²) in [6.45, 7) is 3.82. The summed E-state index contributed by atoms with van der Waals surface area (Å²) in [5.41, 5.74) is 1.26. The highest BCUT2D eigenvalue weighted by atomic mass is 16.5. The number of phenols is 2. The van der Waals surface area contributed by atoms with E-state index in [0.717, 1.165) is 0 Å². The normalized spacial score (nSPS) is 10.7. The number of rotatable bonds is 4. The molecule has 0 atom stereocenters. The minimum Gasteiger partial charge on any atom is -0.508 e. The Balaban J connectivity index is 2.44. The Kier molecular flexibility index (Phi) is 4.17. The van der Waals surface area contributed by atoms with Crippen LogP contribution in [0.25, 0.3) is 0 Å². The van der Waals surface area contributed by atoms with Crippen molar-refractivity contribution in [2.75, 3.05) is 7.11 Å². The fourth-order valence-electron chi connectivity index (χ4n) is 2.14. The van der Waals surface area contributed by atoms with Gasteiger partial charge in [-0.2, -0.15) is 0 Å². The molecule has 110 valence electrons. The smallest absolute Gasteiger partial charge is 0.196 e. The number of ether oxygens (including phenoxy) is 1. The van der Waals surface area contributed by atoms with Gasteiger partial charge in [0.1, 0.15) is 17.2 Å². The molecule has 0 saturated heterocycles. The lowest BCUT2D eigenvalue weighted by Crippen LogP contribution is -2.03. The Morgan fingerprint density at radius 3 is 2.19 bits per heavy atom. The third kappa shape index (κ3) is 2.99. The van der Waals surface area contributed by atoms with Crippen molar-refractivity contribution in [1.82, 2.24) is 0 Å². The van der Waals surface area contributed by atoms with Crippen LogP contribution in [0.2, 0.25) is 0 Å². The van der Waals surface area contributed by atoms with Gasteiger partial charge in [0.2, 0.25) is 0 Å². The molecule has 0 unspecified atom stereocenters. The zero-order valence-corrected chi connectivity index (χ0v) is 12.3. The first-order chi connectivity index (χ1) is 9.93. The largest absolute Gasteiger partial charge is 0.508 e. The standard InChI is InChI=1S/C17H18O4/c1-10(2)13-8-14(16(19)9-15(13)18)17(20)11-4-6-12(21-3)7-5-11/h4-10,18-19H,1-3H3. The van der Waals surface area contributed by atoms with Crippen LogP contribution in [0.1, 0.15) is 41.3 Å². The molecule has 0 bridgehead atoms. The number of hydrogen-bond acceptors (Lipinski definition) is 4. The van der Waals surface area contributed by atoms with Crippen molar-refractivity contribution in [2.45, 2.75) is 19.8 Å². The number of hydrogen-bond donors (Lipinski definition) is 2. The second-order valence-electron chi connectivity index (χ2n) is 5.14. The molecule has 0 radical (unpaired) electrons. The van der Waals surface area contributed by atoms with Gasteiger partial charge in [-0.25, -0.2) is 0 Å². The second-order valence-corrected chi connectivity index (χ2v) is 5.14. The van der Waals surface area contributed by atoms with Gasteiger partial charge in [0.05, 0.1) is 12.7 Å². The van der Waals surface area contributed by atoms with E-state index in [2.05, 4.69) is 0 Å². The van der Waals surface area contributed by atoms with E-state index in [-0.39, 0.29) is 28.8 Å². The van der Waals surface area contributed by atoms with Crippen LogP contribution < -0.4 is 4.74 Å². The van der Waals surface area contributed by atoms with E-state index in [0.29, 0.717) is 16.9 Å². The van der Waals surface area contributed by atoms with Crippen molar-refractivity contribution in [2.24, 2.45) is 0 Å². The molecule has 2 N–H and O–H groups in total. The van der Waals surface area contributed by atoms with Crippen molar-refractivity contribution in [3.8, 4) is 17.2 Å². The van der Waals surface area contributed by atoms with E-state index < -0.39 is 0 Å². The highest BCUT2D eigenvalue weighted by Crippen LogP contribution is 2.33. The van der Waals surface area contributed by atoms with Gasteiger partial charge in [-0.3, -0.25) is 4.79 Å². The molecule has 2 aromatic carbocycles. The van der Waals surface area contributed by atoms with E-state index in [1.165, 1.54) is 6.07 Å². The lowest BCUT2D eigenvalue weighted by molar-refractivity contribution is 0.103. The highest BCUT2D eigenvalue weighted by Gasteiger charge is 2.18. The molecule has 0 aromatic heterocycles. The van der Waals surface area contributed by atoms with Gasteiger partial charge in [-0.05, 0) is 41.8 Å². The van der Waals surface area contributed by atoms with Gasteiger partial charge in [-0.15, -0.1) is 0 Å². The van der Waals surface area contributed by atoms with Gasteiger partial charge in [-0.1, -0.05) is 13.8 Å². The van der Waals surface area contributed by atoms with Crippen molar-refractivity contribution in [3.05, 3.63) is 53.1 Å². The summed E-state index contributed by atoms with van der Waals surface area (Å²) in [5.74, 6) is 0.181. The molecule has 0 aliphatic rings. The number of ketones is 1. The van der Waals surface area contributed by atoms with Crippen molar-refractivity contribution >= 4 is 5.78 Å². The molecular formula is C17H18O4. The zero-order valence-electron chi connectivity index (χ0n) is 12.3. The van der Waals surface area contributed by atoms with Crippen molar-refractivity contribution in [1.29, 1.82) is 0 Å². The second kappa shape index (κ2) is 5.87. The third-order valence-corrected chi connectivity index (χ3v) is 3.36. The first-order valence-corrected chi connectivity index (χ1v) is 6.68. The fraction of sp³-hybridized carbons (Fsp3) is 0.235. The Morgan fingerprint density at radius 1 is 1.05 bits per heavy atom. The van der Waals surface area contributed by atoms with Gasteiger partial charge in [0, 0.05) is 11.6 Å². The quantitative estimate of drug-likeness (QED) is 0.845. The molecule has 0 aliphatic heterocycles. The van der Waals surface area contributed by atoms with E-state index in [9.17, 15) is 15.0 Å². The number of carbonyl (C=O) groups excluding carboxylic acids is 1. The summed E-state index contributed by atoms with van der Waals surface area (Å²) in [5, 5.41) is 19.7. The predicted molar refractivity (Wildman–Crippen MR) is 80.3 cm³/mol. The molecule has 0 fully saturated rings. The van der Waals surface area contributed by atoms with Gasteiger partial charge in [0.25, 0.3) is 0 Å². The van der Waals surface area contributed by atoms with Gasteiger partial charge >= 0.3 is 0 Å². The van der Waals surface area contributed by atoms with E-state index in [1.54, 1.807) is 37.4 Å². The number of carbonyl (C=O) groups is 1. The Bertz CT molecular complexity index is 657. The molecule has 4 nitrogen and oxygen atoms in total. The summed E-state index contributed by atoms with van der Waals surface area (Å²) in [4.78, 5) is 12.5.